The van der Waals surface area contributed by atoms with E-state index in [0.717, 1.165) is 17.5 Å². The lowest BCUT2D eigenvalue weighted by molar-refractivity contribution is 0.0935. The maximum Gasteiger partial charge on any atom is 0.251 e. The lowest BCUT2D eigenvalue weighted by Gasteiger charge is -2.18. The highest BCUT2D eigenvalue weighted by molar-refractivity contribution is 7.89. The molecule has 2 rings (SSSR count). The van der Waals surface area contributed by atoms with E-state index in [1.54, 1.807) is 6.92 Å². The van der Waals surface area contributed by atoms with Crippen LogP contribution in [0.15, 0.2) is 53.4 Å². The summed E-state index contributed by atoms with van der Waals surface area (Å²) in [5, 5.41) is 3.01. The number of methoxy groups -OCH3 is 1. The van der Waals surface area contributed by atoms with Gasteiger partial charge in [0.1, 0.15) is 0 Å². The van der Waals surface area contributed by atoms with Gasteiger partial charge in [-0.2, -0.15) is 0 Å². The number of carbonyl (C=O) groups is 1. The summed E-state index contributed by atoms with van der Waals surface area (Å²) in [6.07, 6.45) is 0.753. The molecule has 0 spiro atoms. The number of nitrogens with one attached hydrogen (secondary N) is 2. The van der Waals surface area contributed by atoms with E-state index in [1.807, 2.05) is 38.1 Å². The molecule has 0 unspecified atom stereocenters. The standard InChI is InChI=1S/C21H28N2O4S/c1-5-20(17-8-6-15(2)7-9-17)22-21(24)18-10-12-19(13-11-18)28(25,26)23-16(3)14-27-4/h6-13,16,20,23H,5,14H2,1-4H3,(H,22,24)/t16-,20+/m1/s1. The largest absolute Gasteiger partial charge is 0.383 e. The van der Waals surface area contributed by atoms with Gasteiger partial charge in [-0.15, -0.1) is 0 Å². The van der Waals surface area contributed by atoms with Gasteiger partial charge in [0.05, 0.1) is 17.5 Å². The van der Waals surface area contributed by atoms with Crippen molar-refractivity contribution >= 4 is 15.9 Å². The molecular weight excluding hydrogens is 376 g/mol. The Morgan fingerprint density at radius 2 is 1.68 bits per heavy atom. The molecule has 0 heterocycles. The van der Waals surface area contributed by atoms with Crippen molar-refractivity contribution in [2.45, 2.75) is 44.2 Å². The predicted molar refractivity (Wildman–Crippen MR) is 110 cm³/mol. The van der Waals surface area contributed by atoms with E-state index in [-0.39, 0.29) is 29.5 Å². The first-order valence-electron chi connectivity index (χ1n) is 9.25. The first kappa shape index (κ1) is 22.1. The predicted octanol–water partition coefficient (Wildman–Crippen LogP) is 3.19. The molecule has 6 nitrogen and oxygen atoms in total. The molecule has 0 fully saturated rings. The van der Waals surface area contributed by atoms with Crippen LogP contribution in [0.1, 0.15) is 47.8 Å². The summed E-state index contributed by atoms with van der Waals surface area (Å²) in [4.78, 5) is 12.7. The summed E-state index contributed by atoms with van der Waals surface area (Å²) >= 11 is 0. The van der Waals surface area contributed by atoms with Gasteiger partial charge in [-0.25, -0.2) is 13.1 Å². The zero-order chi connectivity index (χ0) is 20.7. The van der Waals surface area contributed by atoms with Crippen molar-refractivity contribution in [2.75, 3.05) is 13.7 Å². The summed E-state index contributed by atoms with van der Waals surface area (Å²) < 4.78 is 32.2. The van der Waals surface area contributed by atoms with Crippen LogP contribution in [-0.4, -0.2) is 34.1 Å². The number of hydrogen-bond acceptors (Lipinski definition) is 4. The molecule has 2 atom stereocenters. The molecular formula is C21H28N2O4S. The van der Waals surface area contributed by atoms with Crippen molar-refractivity contribution in [1.82, 2.24) is 10.0 Å². The molecule has 0 aliphatic carbocycles. The Kier molecular flexibility index (Phi) is 7.74. The average Bonchev–Trinajstić information content (AvgIpc) is 2.66. The minimum atomic E-state index is -3.66. The van der Waals surface area contributed by atoms with Crippen molar-refractivity contribution in [1.29, 1.82) is 0 Å². The second-order valence-corrected chi connectivity index (χ2v) is 8.56. The van der Waals surface area contributed by atoms with Gasteiger partial charge in [-0.1, -0.05) is 36.8 Å². The fraction of sp³-hybridized carbons (Fsp3) is 0.381. The van der Waals surface area contributed by atoms with Gasteiger partial charge in [-0.05, 0) is 50.1 Å². The minimum absolute atomic E-state index is 0.104. The SMILES string of the molecule is CC[C@H](NC(=O)c1ccc(S(=O)(=O)N[C@H](C)COC)cc1)c1ccc(C)cc1. The molecule has 1 amide bonds. The van der Waals surface area contributed by atoms with Crippen molar-refractivity contribution in [3.8, 4) is 0 Å². The number of sulfonamides is 1. The molecule has 152 valence electrons. The molecule has 7 heteroatoms. The highest BCUT2D eigenvalue weighted by Crippen LogP contribution is 2.18. The Labute approximate surface area is 167 Å². The van der Waals surface area contributed by atoms with E-state index in [4.69, 9.17) is 4.74 Å². The van der Waals surface area contributed by atoms with E-state index in [1.165, 1.54) is 31.4 Å². The van der Waals surface area contributed by atoms with Crippen LogP contribution in [0.2, 0.25) is 0 Å². The van der Waals surface area contributed by atoms with E-state index in [9.17, 15) is 13.2 Å². The summed E-state index contributed by atoms with van der Waals surface area (Å²) in [6, 6.07) is 13.5. The number of rotatable bonds is 9. The second kappa shape index (κ2) is 9.82. The number of ether oxygens (including phenoxy) is 1. The van der Waals surface area contributed by atoms with Crippen LogP contribution >= 0.6 is 0 Å². The zero-order valence-corrected chi connectivity index (χ0v) is 17.5. The van der Waals surface area contributed by atoms with Crippen LogP contribution in [-0.2, 0) is 14.8 Å². The van der Waals surface area contributed by atoms with Crippen LogP contribution in [0.25, 0.3) is 0 Å². The van der Waals surface area contributed by atoms with Crippen LogP contribution in [0.5, 0.6) is 0 Å². The quantitative estimate of drug-likeness (QED) is 0.672. The van der Waals surface area contributed by atoms with Crippen LogP contribution in [0.4, 0.5) is 0 Å². The maximum absolute atomic E-state index is 12.6. The molecule has 28 heavy (non-hydrogen) atoms. The smallest absolute Gasteiger partial charge is 0.251 e. The zero-order valence-electron chi connectivity index (χ0n) is 16.7. The van der Waals surface area contributed by atoms with Gasteiger partial charge in [0.25, 0.3) is 5.91 Å². The van der Waals surface area contributed by atoms with Crippen molar-refractivity contribution < 1.29 is 17.9 Å². The fourth-order valence-electron chi connectivity index (χ4n) is 2.86. The monoisotopic (exact) mass is 404 g/mol. The topological polar surface area (TPSA) is 84.5 Å². The number of aryl methyl sites for hydroxylation is 1. The third-order valence-electron chi connectivity index (χ3n) is 4.39. The van der Waals surface area contributed by atoms with Crippen LogP contribution < -0.4 is 10.0 Å². The van der Waals surface area contributed by atoms with Gasteiger partial charge in [0.2, 0.25) is 10.0 Å². The molecule has 0 bridgehead atoms. The Morgan fingerprint density at radius 3 is 2.21 bits per heavy atom. The first-order chi connectivity index (χ1) is 13.3. The van der Waals surface area contributed by atoms with Crippen molar-refractivity contribution in [2.24, 2.45) is 0 Å². The number of amides is 1. The average molecular weight is 405 g/mol. The highest BCUT2D eigenvalue weighted by Gasteiger charge is 2.19. The van der Waals surface area contributed by atoms with E-state index in [2.05, 4.69) is 10.0 Å². The summed E-state index contributed by atoms with van der Waals surface area (Å²) in [6.45, 7) is 6.02. The molecule has 0 saturated heterocycles. The van der Waals surface area contributed by atoms with Crippen molar-refractivity contribution in [3.63, 3.8) is 0 Å². The fourth-order valence-corrected chi connectivity index (χ4v) is 4.09. The maximum atomic E-state index is 12.6. The Bertz CT molecular complexity index is 878. The molecule has 2 aromatic rings. The van der Waals surface area contributed by atoms with Crippen LogP contribution in [0.3, 0.4) is 0 Å². The van der Waals surface area contributed by atoms with Crippen LogP contribution in [0, 0.1) is 6.92 Å². The highest BCUT2D eigenvalue weighted by atomic mass is 32.2. The summed E-state index contributed by atoms with van der Waals surface area (Å²) in [7, 11) is -2.15. The number of hydrogen-bond donors (Lipinski definition) is 2. The van der Waals surface area contributed by atoms with Gasteiger partial charge in [-0.3, -0.25) is 4.79 Å². The van der Waals surface area contributed by atoms with Gasteiger partial charge in [0.15, 0.2) is 0 Å². The Balaban J connectivity index is 2.09. The molecule has 0 saturated carbocycles. The van der Waals surface area contributed by atoms with E-state index in [0.29, 0.717) is 5.56 Å². The number of carbonyl (C=O) groups excluding carboxylic acids is 1. The Hall–Kier alpha value is -2.22. The van der Waals surface area contributed by atoms with Gasteiger partial charge in [0, 0.05) is 18.7 Å². The third kappa shape index (κ3) is 5.89. The van der Waals surface area contributed by atoms with E-state index >= 15 is 0 Å². The number of benzene rings is 2. The van der Waals surface area contributed by atoms with Gasteiger partial charge >= 0.3 is 0 Å². The molecule has 2 N–H and O–H groups in total. The molecule has 0 aliphatic rings. The molecule has 0 aliphatic heterocycles. The first-order valence-corrected chi connectivity index (χ1v) is 10.7. The molecule has 0 radical (unpaired) electrons. The second-order valence-electron chi connectivity index (χ2n) is 6.85. The third-order valence-corrected chi connectivity index (χ3v) is 6.00. The normalized spacial score (nSPS) is 13.7. The summed E-state index contributed by atoms with van der Waals surface area (Å²) in [5.41, 5.74) is 2.61. The molecule has 2 aromatic carbocycles. The minimum Gasteiger partial charge on any atom is -0.383 e. The molecule has 0 aromatic heterocycles. The van der Waals surface area contributed by atoms with E-state index < -0.39 is 10.0 Å². The van der Waals surface area contributed by atoms with Crippen molar-refractivity contribution in [3.05, 3.63) is 65.2 Å². The lowest BCUT2D eigenvalue weighted by atomic mass is 10.0. The lowest BCUT2D eigenvalue weighted by Crippen LogP contribution is -2.35. The summed E-state index contributed by atoms with van der Waals surface area (Å²) in [5.74, 6) is -0.239. The van der Waals surface area contributed by atoms with Gasteiger partial charge < -0.3 is 10.1 Å². The Morgan fingerprint density at radius 1 is 1.07 bits per heavy atom.